The van der Waals surface area contributed by atoms with E-state index >= 15 is 0 Å². The smallest absolute Gasteiger partial charge is 0.194 e. The van der Waals surface area contributed by atoms with E-state index in [9.17, 15) is 22.0 Å². The standard InChI is InChI=1S/C14H11F5N2/c15-8-2-1-7(11(17)6-8)5-12(21-20)9-3-4-10(16)14(19)13(9)18/h1-4,6,12,21H,5,20H2. The third kappa shape index (κ3) is 3.20. The van der Waals surface area contributed by atoms with Crippen molar-refractivity contribution in [3.63, 3.8) is 0 Å². The molecular weight excluding hydrogens is 291 g/mol. The van der Waals surface area contributed by atoms with Crippen molar-refractivity contribution in [1.82, 2.24) is 5.43 Å². The van der Waals surface area contributed by atoms with Crippen LogP contribution in [-0.4, -0.2) is 0 Å². The molecule has 2 nitrogen and oxygen atoms in total. The maximum Gasteiger partial charge on any atom is 0.194 e. The topological polar surface area (TPSA) is 38.0 Å². The average Bonchev–Trinajstić information content (AvgIpc) is 2.45. The second-order valence-electron chi connectivity index (χ2n) is 4.42. The van der Waals surface area contributed by atoms with Crippen molar-refractivity contribution in [2.24, 2.45) is 5.84 Å². The average molecular weight is 302 g/mol. The number of nitrogens with two attached hydrogens (primary N) is 1. The van der Waals surface area contributed by atoms with Crippen LogP contribution in [0.15, 0.2) is 30.3 Å². The van der Waals surface area contributed by atoms with Crippen LogP contribution in [0, 0.1) is 29.1 Å². The van der Waals surface area contributed by atoms with Crippen molar-refractivity contribution < 1.29 is 22.0 Å². The van der Waals surface area contributed by atoms with Crippen LogP contribution in [0.3, 0.4) is 0 Å². The first-order valence-corrected chi connectivity index (χ1v) is 5.97. The summed E-state index contributed by atoms with van der Waals surface area (Å²) in [5.74, 6) is -0.699. The first-order valence-electron chi connectivity index (χ1n) is 5.97. The lowest BCUT2D eigenvalue weighted by Gasteiger charge is -2.18. The molecule has 0 aliphatic carbocycles. The maximum absolute atomic E-state index is 13.7. The van der Waals surface area contributed by atoms with E-state index in [1.54, 1.807) is 0 Å². The lowest BCUT2D eigenvalue weighted by molar-refractivity contribution is 0.423. The van der Waals surface area contributed by atoms with Gasteiger partial charge in [0.05, 0.1) is 6.04 Å². The molecule has 0 aliphatic heterocycles. The number of benzene rings is 2. The summed E-state index contributed by atoms with van der Waals surface area (Å²) in [6.45, 7) is 0. The van der Waals surface area contributed by atoms with E-state index in [2.05, 4.69) is 5.43 Å². The molecule has 112 valence electrons. The van der Waals surface area contributed by atoms with Gasteiger partial charge in [0.15, 0.2) is 17.5 Å². The Kier molecular flexibility index (Phi) is 4.54. The highest BCUT2D eigenvalue weighted by Gasteiger charge is 2.21. The van der Waals surface area contributed by atoms with Gasteiger partial charge in [-0.3, -0.25) is 11.3 Å². The van der Waals surface area contributed by atoms with Crippen molar-refractivity contribution in [1.29, 1.82) is 0 Å². The molecule has 1 atom stereocenters. The molecular formula is C14H11F5N2. The number of nitrogens with one attached hydrogen (secondary N) is 1. The highest BCUT2D eigenvalue weighted by Crippen LogP contribution is 2.25. The van der Waals surface area contributed by atoms with E-state index in [0.29, 0.717) is 6.07 Å². The molecule has 0 fully saturated rings. The van der Waals surface area contributed by atoms with Crippen LogP contribution in [0.25, 0.3) is 0 Å². The van der Waals surface area contributed by atoms with Gasteiger partial charge in [-0.15, -0.1) is 0 Å². The molecule has 0 spiro atoms. The molecule has 3 N–H and O–H groups in total. The Morgan fingerprint density at radius 3 is 2.24 bits per heavy atom. The Labute approximate surface area is 117 Å². The largest absolute Gasteiger partial charge is 0.271 e. The summed E-state index contributed by atoms with van der Waals surface area (Å²) in [5.41, 5.74) is 2.02. The summed E-state index contributed by atoms with van der Waals surface area (Å²) >= 11 is 0. The van der Waals surface area contributed by atoms with Crippen LogP contribution in [0.2, 0.25) is 0 Å². The molecule has 2 rings (SSSR count). The van der Waals surface area contributed by atoms with Crippen molar-refractivity contribution in [3.05, 3.63) is 70.5 Å². The predicted octanol–water partition coefficient (Wildman–Crippen LogP) is 3.13. The maximum atomic E-state index is 13.7. The van der Waals surface area contributed by atoms with Crippen molar-refractivity contribution in [2.75, 3.05) is 0 Å². The summed E-state index contributed by atoms with van der Waals surface area (Å²) < 4.78 is 66.2. The molecule has 0 aromatic heterocycles. The first kappa shape index (κ1) is 15.4. The Balaban J connectivity index is 2.34. The van der Waals surface area contributed by atoms with Gasteiger partial charge in [-0.2, -0.15) is 0 Å². The summed E-state index contributed by atoms with van der Waals surface area (Å²) in [7, 11) is 0. The van der Waals surface area contributed by atoms with E-state index in [4.69, 9.17) is 5.84 Å². The van der Waals surface area contributed by atoms with Crippen LogP contribution in [0.4, 0.5) is 22.0 Å². The van der Waals surface area contributed by atoms with Crippen LogP contribution in [-0.2, 0) is 6.42 Å². The molecule has 0 saturated heterocycles. The fourth-order valence-electron chi connectivity index (χ4n) is 1.98. The molecule has 0 bridgehead atoms. The van der Waals surface area contributed by atoms with E-state index in [1.807, 2.05) is 0 Å². The van der Waals surface area contributed by atoms with Crippen molar-refractivity contribution in [2.45, 2.75) is 12.5 Å². The van der Waals surface area contributed by atoms with Gasteiger partial charge in [0.1, 0.15) is 11.6 Å². The van der Waals surface area contributed by atoms with Crippen molar-refractivity contribution in [3.8, 4) is 0 Å². The molecule has 0 heterocycles. The molecule has 0 aliphatic rings. The van der Waals surface area contributed by atoms with E-state index < -0.39 is 35.1 Å². The minimum absolute atomic E-state index is 0.0588. The normalized spacial score (nSPS) is 12.5. The second-order valence-corrected chi connectivity index (χ2v) is 4.42. The van der Waals surface area contributed by atoms with Gasteiger partial charge in [-0.05, 0) is 24.1 Å². The lowest BCUT2D eigenvalue weighted by Crippen LogP contribution is -2.30. The van der Waals surface area contributed by atoms with E-state index in [-0.39, 0.29) is 17.5 Å². The quantitative estimate of drug-likeness (QED) is 0.394. The van der Waals surface area contributed by atoms with Gasteiger partial charge in [-0.25, -0.2) is 22.0 Å². The van der Waals surface area contributed by atoms with Gasteiger partial charge in [0.2, 0.25) is 0 Å². The highest BCUT2D eigenvalue weighted by atomic mass is 19.2. The summed E-state index contributed by atoms with van der Waals surface area (Å²) in [5, 5.41) is 0. The highest BCUT2D eigenvalue weighted by molar-refractivity contribution is 5.27. The SMILES string of the molecule is NNC(Cc1ccc(F)cc1F)c1ccc(F)c(F)c1F. The van der Waals surface area contributed by atoms with Crippen LogP contribution in [0.5, 0.6) is 0 Å². The molecule has 7 heteroatoms. The Bertz CT molecular complexity index is 660. The number of halogens is 5. The van der Waals surface area contributed by atoms with E-state index in [1.165, 1.54) is 6.07 Å². The monoisotopic (exact) mass is 302 g/mol. The third-order valence-electron chi connectivity index (χ3n) is 3.08. The van der Waals surface area contributed by atoms with Crippen LogP contribution >= 0.6 is 0 Å². The zero-order valence-corrected chi connectivity index (χ0v) is 10.6. The van der Waals surface area contributed by atoms with Gasteiger partial charge in [0.25, 0.3) is 0 Å². The molecule has 2 aromatic carbocycles. The molecule has 2 aromatic rings. The summed E-state index contributed by atoms with van der Waals surface area (Å²) in [6.07, 6.45) is -0.162. The summed E-state index contributed by atoms with van der Waals surface area (Å²) in [6, 6.07) is 3.64. The molecule has 0 saturated carbocycles. The summed E-state index contributed by atoms with van der Waals surface area (Å²) in [4.78, 5) is 0. The molecule has 0 amide bonds. The number of hydrogen-bond donors (Lipinski definition) is 2. The third-order valence-corrected chi connectivity index (χ3v) is 3.08. The predicted molar refractivity (Wildman–Crippen MR) is 66.4 cm³/mol. The number of hydrazine groups is 1. The minimum atomic E-state index is -1.63. The van der Waals surface area contributed by atoms with Crippen LogP contribution in [0.1, 0.15) is 17.2 Å². The fraction of sp³-hybridized carbons (Fsp3) is 0.143. The number of rotatable bonds is 4. The molecule has 1 unspecified atom stereocenters. The van der Waals surface area contributed by atoms with Crippen molar-refractivity contribution >= 4 is 0 Å². The molecule has 0 radical (unpaired) electrons. The van der Waals surface area contributed by atoms with Gasteiger partial charge in [-0.1, -0.05) is 12.1 Å². The minimum Gasteiger partial charge on any atom is -0.271 e. The molecule has 21 heavy (non-hydrogen) atoms. The Hall–Kier alpha value is -1.99. The van der Waals surface area contributed by atoms with Gasteiger partial charge >= 0.3 is 0 Å². The Morgan fingerprint density at radius 1 is 0.905 bits per heavy atom. The fourth-order valence-corrected chi connectivity index (χ4v) is 1.98. The van der Waals surface area contributed by atoms with Crippen LogP contribution < -0.4 is 11.3 Å². The zero-order valence-electron chi connectivity index (χ0n) is 10.6. The van der Waals surface area contributed by atoms with Gasteiger partial charge < -0.3 is 0 Å². The first-order chi connectivity index (χ1) is 9.93. The lowest BCUT2D eigenvalue weighted by atomic mass is 9.98. The zero-order chi connectivity index (χ0) is 15.6. The Morgan fingerprint density at radius 2 is 1.62 bits per heavy atom. The number of hydrogen-bond acceptors (Lipinski definition) is 2. The van der Waals surface area contributed by atoms with Gasteiger partial charge in [0, 0.05) is 11.6 Å². The van der Waals surface area contributed by atoms with E-state index in [0.717, 1.165) is 18.2 Å². The second kappa shape index (κ2) is 6.19.